The Morgan fingerprint density at radius 1 is 0.394 bits per heavy atom. The molecule has 0 bridgehead atoms. The van der Waals surface area contributed by atoms with Crippen LogP contribution < -0.4 is 4.90 Å². The molecule has 2 nitrogen and oxygen atoms in total. The number of fused-ring (bicyclic) bond motifs is 13. The molecule has 0 saturated heterocycles. The maximum absolute atomic E-state index is 2.53. The molecule has 0 N–H and O–H groups in total. The number of anilines is 3. The number of para-hydroxylation sites is 1. The molecule has 13 rings (SSSR count). The van der Waals surface area contributed by atoms with Gasteiger partial charge in [0.1, 0.15) is 0 Å². The molecule has 0 unspecified atom stereocenters. The van der Waals surface area contributed by atoms with E-state index in [2.05, 4.69) is 254 Å². The summed E-state index contributed by atoms with van der Waals surface area (Å²) in [6.07, 6.45) is 6.98. The predicted octanol–water partition coefficient (Wildman–Crippen LogP) is 18.6. The fraction of sp³-hybridized carbons (Fsp3) is 0.130. The van der Waals surface area contributed by atoms with Gasteiger partial charge < -0.3 is 9.47 Å². The molecular formula is C69H56N2. The maximum Gasteiger partial charge on any atom is 0.0746 e. The van der Waals surface area contributed by atoms with E-state index in [1.807, 2.05) is 0 Å². The van der Waals surface area contributed by atoms with E-state index in [1.165, 1.54) is 137 Å². The Hall–Kier alpha value is -8.20. The van der Waals surface area contributed by atoms with Gasteiger partial charge in [-0.3, -0.25) is 0 Å². The SMILES string of the molecule is CCCCc1cc(CCCC)cc(-n2c3ccccc3c3c(-c4ccc(N(c5ccc(-c6ccccc6)cc5)c5cccc6c5C5(c7ccccc7-c7ccccc75)c5ccccc5-6)cc4)cccc32)c1. The summed E-state index contributed by atoms with van der Waals surface area (Å²) in [5.41, 5.74) is 24.9. The van der Waals surface area contributed by atoms with Gasteiger partial charge in [-0.2, -0.15) is 0 Å². The Labute approximate surface area is 418 Å². The Balaban J connectivity index is 0.998. The van der Waals surface area contributed by atoms with E-state index in [0.717, 1.165) is 24.2 Å². The summed E-state index contributed by atoms with van der Waals surface area (Å²) in [5.74, 6) is 0. The lowest BCUT2D eigenvalue weighted by Gasteiger charge is -2.36. The molecule has 1 spiro atoms. The van der Waals surface area contributed by atoms with E-state index in [1.54, 1.807) is 0 Å². The van der Waals surface area contributed by atoms with Crippen molar-refractivity contribution in [2.24, 2.45) is 0 Å². The van der Waals surface area contributed by atoms with Crippen LogP contribution in [0.1, 0.15) is 72.9 Å². The third-order valence-corrected chi connectivity index (χ3v) is 15.5. The van der Waals surface area contributed by atoms with Crippen molar-refractivity contribution < 1.29 is 0 Å². The van der Waals surface area contributed by atoms with Crippen molar-refractivity contribution in [2.45, 2.75) is 57.8 Å². The zero-order valence-electron chi connectivity index (χ0n) is 40.6. The van der Waals surface area contributed by atoms with E-state index in [-0.39, 0.29) is 0 Å². The molecule has 71 heavy (non-hydrogen) atoms. The van der Waals surface area contributed by atoms with Gasteiger partial charge in [-0.15, -0.1) is 0 Å². The van der Waals surface area contributed by atoms with Crippen LogP contribution in [0.3, 0.4) is 0 Å². The first kappa shape index (κ1) is 42.9. The van der Waals surface area contributed by atoms with Crippen molar-refractivity contribution in [3.8, 4) is 50.2 Å². The fourth-order valence-corrected chi connectivity index (χ4v) is 12.4. The van der Waals surface area contributed by atoms with Crippen LogP contribution in [-0.4, -0.2) is 4.57 Å². The van der Waals surface area contributed by atoms with Crippen LogP contribution in [0.4, 0.5) is 17.1 Å². The van der Waals surface area contributed by atoms with Crippen molar-refractivity contribution >= 4 is 38.9 Å². The normalized spacial score (nSPS) is 12.8. The fourth-order valence-electron chi connectivity index (χ4n) is 12.4. The molecule has 0 fully saturated rings. The first-order chi connectivity index (χ1) is 35.1. The minimum atomic E-state index is -0.506. The van der Waals surface area contributed by atoms with Crippen molar-refractivity contribution in [2.75, 3.05) is 4.90 Å². The summed E-state index contributed by atoms with van der Waals surface area (Å²) in [6, 6.07) is 86.9. The van der Waals surface area contributed by atoms with Gasteiger partial charge in [-0.25, -0.2) is 0 Å². The number of hydrogen-bond donors (Lipinski definition) is 0. The lowest BCUT2D eigenvalue weighted by Crippen LogP contribution is -2.28. The van der Waals surface area contributed by atoms with Crippen LogP contribution in [0.15, 0.2) is 231 Å². The summed E-state index contributed by atoms with van der Waals surface area (Å²) >= 11 is 0. The van der Waals surface area contributed by atoms with Crippen molar-refractivity contribution in [3.05, 3.63) is 264 Å². The molecular weight excluding hydrogens is 857 g/mol. The van der Waals surface area contributed by atoms with Crippen LogP contribution in [0.5, 0.6) is 0 Å². The van der Waals surface area contributed by atoms with Crippen molar-refractivity contribution in [1.82, 2.24) is 4.57 Å². The van der Waals surface area contributed by atoms with Crippen LogP contribution >= 0.6 is 0 Å². The van der Waals surface area contributed by atoms with E-state index >= 15 is 0 Å². The second-order valence-electron chi connectivity index (χ2n) is 19.6. The second-order valence-corrected chi connectivity index (χ2v) is 19.6. The molecule has 0 saturated carbocycles. The molecule has 11 aromatic rings. The first-order valence-electron chi connectivity index (χ1n) is 25.8. The number of benzene rings is 10. The summed E-state index contributed by atoms with van der Waals surface area (Å²) < 4.78 is 2.53. The van der Waals surface area contributed by atoms with Gasteiger partial charge in [-0.05, 0) is 153 Å². The number of rotatable bonds is 12. The summed E-state index contributed by atoms with van der Waals surface area (Å²) in [7, 11) is 0. The molecule has 2 heteroatoms. The summed E-state index contributed by atoms with van der Waals surface area (Å²) in [6.45, 7) is 4.58. The monoisotopic (exact) mass is 912 g/mol. The minimum absolute atomic E-state index is 0.506. The Morgan fingerprint density at radius 3 is 1.49 bits per heavy atom. The summed E-state index contributed by atoms with van der Waals surface area (Å²) in [5, 5.41) is 2.57. The zero-order valence-corrected chi connectivity index (χ0v) is 40.6. The molecule has 10 aromatic carbocycles. The highest BCUT2D eigenvalue weighted by molar-refractivity contribution is 6.16. The second kappa shape index (κ2) is 17.6. The Kier molecular flexibility index (Phi) is 10.7. The van der Waals surface area contributed by atoms with E-state index in [9.17, 15) is 0 Å². The molecule has 0 amide bonds. The first-order valence-corrected chi connectivity index (χ1v) is 25.8. The number of aromatic nitrogens is 1. The van der Waals surface area contributed by atoms with Gasteiger partial charge in [0.25, 0.3) is 0 Å². The van der Waals surface area contributed by atoms with Gasteiger partial charge in [0.2, 0.25) is 0 Å². The highest BCUT2D eigenvalue weighted by atomic mass is 15.1. The third kappa shape index (κ3) is 6.84. The maximum atomic E-state index is 2.53. The number of unbranched alkanes of at least 4 members (excludes halogenated alkanes) is 2. The van der Waals surface area contributed by atoms with Gasteiger partial charge in [0.05, 0.1) is 22.1 Å². The smallest absolute Gasteiger partial charge is 0.0746 e. The van der Waals surface area contributed by atoms with Gasteiger partial charge >= 0.3 is 0 Å². The van der Waals surface area contributed by atoms with Crippen LogP contribution in [0, 0.1) is 0 Å². The molecule has 0 atom stereocenters. The summed E-state index contributed by atoms with van der Waals surface area (Å²) in [4.78, 5) is 2.52. The molecule has 0 aliphatic heterocycles. The van der Waals surface area contributed by atoms with Crippen LogP contribution in [0.25, 0.3) is 72.0 Å². The van der Waals surface area contributed by atoms with Crippen LogP contribution in [0.2, 0.25) is 0 Å². The number of hydrogen-bond acceptors (Lipinski definition) is 1. The average Bonchev–Trinajstić information content (AvgIpc) is 4.05. The highest BCUT2D eigenvalue weighted by Crippen LogP contribution is 2.65. The molecule has 2 aliphatic rings. The predicted molar refractivity (Wildman–Crippen MR) is 300 cm³/mol. The van der Waals surface area contributed by atoms with Gasteiger partial charge in [0.15, 0.2) is 0 Å². The van der Waals surface area contributed by atoms with Gasteiger partial charge in [-0.1, -0.05) is 203 Å². The Morgan fingerprint density at radius 2 is 0.873 bits per heavy atom. The number of nitrogens with zero attached hydrogens (tertiary/aromatic N) is 2. The molecule has 2 aliphatic carbocycles. The van der Waals surface area contributed by atoms with Crippen molar-refractivity contribution in [1.29, 1.82) is 0 Å². The van der Waals surface area contributed by atoms with E-state index < -0.39 is 5.41 Å². The van der Waals surface area contributed by atoms with Crippen LogP contribution in [-0.2, 0) is 18.3 Å². The number of aryl methyl sites for hydroxylation is 2. The van der Waals surface area contributed by atoms with Gasteiger partial charge in [0, 0.05) is 33.4 Å². The van der Waals surface area contributed by atoms with E-state index in [0.29, 0.717) is 0 Å². The lowest BCUT2D eigenvalue weighted by atomic mass is 9.70. The molecule has 1 heterocycles. The lowest BCUT2D eigenvalue weighted by molar-refractivity contribution is 0.779. The minimum Gasteiger partial charge on any atom is -0.310 e. The third-order valence-electron chi connectivity index (χ3n) is 15.5. The average molecular weight is 913 g/mol. The Bertz CT molecular complexity index is 3690. The highest BCUT2D eigenvalue weighted by Gasteiger charge is 2.53. The largest absolute Gasteiger partial charge is 0.310 e. The standard InChI is InChI=1S/C69H56N2/c1-3-5-20-47-44-48(21-6-4-2)46-54(45-47)71-64-33-17-13-27-60(64)67-55(28-18-34-65(67)71)51-38-42-53(43-39-51)70(52-40-36-50(37-41-52)49-22-8-7-9-23-49)66-35-19-29-59-58-26-12-16-32-63(58)69(68(59)66)61-30-14-10-24-56(61)57-25-11-15-31-62(57)69/h7-19,22-46H,3-6,20-21H2,1-2H3. The quantitative estimate of drug-likeness (QED) is 0.119. The van der Waals surface area contributed by atoms with E-state index in [4.69, 9.17) is 0 Å². The van der Waals surface area contributed by atoms with Crippen molar-refractivity contribution in [3.63, 3.8) is 0 Å². The molecule has 0 radical (unpaired) electrons. The molecule has 342 valence electrons. The molecule has 1 aromatic heterocycles. The zero-order chi connectivity index (χ0) is 47.5. The topological polar surface area (TPSA) is 8.17 Å².